The Morgan fingerprint density at radius 1 is 1.29 bits per heavy atom. The van der Waals surface area contributed by atoms with Crippen LogP contribution < -0.4 is 5.32 Å². The summed E-state index contributed by atoms with van der Waals surface area (Å²) in [4.78, 5) is 15.7. The molecule has 1 aromatic carbocycles. The molecule has 0 spiro atoms. The van der Waals surface area contributed by atoms with Crippen LogP contribution in [0.1, 0.15) is 12.8 Å². The van der Waals surface area contributed by atoms with Crippen LogP contribution in [0.5, 0.6) is 0 Å². The summed E-state index contributed by atoms with van der Waals surface area (Å²) in [5.41, 5.74) is 0. The third-order valence-electron chi connectivity index (χ3n) is 4.17. The molecule has 1 aromatic rings. The summed E-state index contributed by atoms with van der Waals surface area (Å²) < 4.78 is 0. The van der Waals surface area contributed by atoms with Gasteiger partial charge in [-0.25, -0.2) is 0 Å². The van der Waals surface area contributed by atoms with Crippen LogP contribution in [-0.2, 0) is 4.79 Å². The van der Waals surface area contributed by atoms with E-state index in [9.17, 15) is 4.79 Å². The lowest BCUT2D eigenvalue weighted by molar-refractivity contribution is -0.133. The maximum absolute atomic E-state index is 12.3. The van der Waals surface area contributed by atoms with E-state index in [2.05, 4.69) is 40.5 Å². The van der Waals surface area contributed by atoms with Crippen LogP contribution >= 0.6 is 23.5 Å². The predicted octanol–water partition coefficient (Wildman–Crippen LogP) is 2.68. The summed E-state index contributed by atoms with van der Waals surface area (Å²) in [6, 6.07) is 10.7. The van der Waals surface area contributed by atoms with Crippen LogP contribution in [0, 0.1) is 5.92 Å². The maximum Gasteiger partial charge on any atom is 0.240 e. The average molecular weight is 322 g/mol. The monoisotopic (exact) mass is 322 g/mol. The van der Waals surface area contributed by atoms with Gasteiger partial charge in [0.1, 0.15) is 0 Å². The van der Waals surface area contributed by atoms with Crippen molar-refractivity contribution in [3.05, 3.63) is 30.3 Å². The van der Waals surface area contributed by atoms with Crippen molar-refractivity contribution in [2.75, 3.05) is 30.5 Å². The topological polar surface area (TPSA) is 32.3 Å². The molecule has 1 N–H and O–H groups in total. The number of likely N-dealkylation sites (tertiary alicyclic amines) is 1. The van der Waals surface area contributed by atoms with Gasteiger partial charge in [-0.1, -0.05) is 18.2 Å². The Morgan fingerprint density at radius 2 is 2.05 bits per heavy atom. The molecule has 2 aliphatic heterocycles. The molecule has 0 aromatic heterocycles. The molecule has 21 heavy (non-hydrogen) atoms. The second-order valence-electron chi connectivity index (χ2n) is 5.66. The van der Waals surface area contributed by atoms with Crippen LogP contribution in [0.3, 0.4) is 0 Å². The summed E-state index contributed by atoms with van der Waals surface area (Å²) in [6.45, 7) is 1.86. The molecule has 0 aliphatic carbocycles. The van der Waals surface area contributed by atoms with Gasteiger partial charge in [0.2, 0.25) is 5.91 Å². The van der Waals surface area contributed by atoms with E-state index in [0.29, 0.717) is 5.91 Å². The van der Waals surface area contributed by atoms with Crippen molar-refractivity contribution in [2.45, 2.75) is 23.8 Å². The molecular formula is C16H22N2OS2. The lowest BCUT2D eigenvalue weighted by Crippen LogP contribution is -2.48. The van der Waals surface area contributed by atoms with Crippen molar-refractivity contribution in [1.29, 1.82) is 0 Å². The second kappa shape index (κ2) is 7.56. The first-order valence-electron chi connectivity index (χ1n) is 7.60. The van der Waals surface area contributed by atoms with Gasteiger partial charge in [0.05, 0.1) is 6.04 Å². The number of benzene rings is 1. The minimum atomic E-state index is 0.0604. The molecule has 3 rings (SSSR count). The van der Waals surface area contributed by atoms with Crippen LogP contribution in [-0.4, -0.2) is 47.3 Å². The molecule has 5 heteroatoms. The van der Waals surface area contributed by atoms with Gasteiger partial charge in [-0.05, 0) is 30.9 Å². The highest BCUT2D eigenvalue weighted by Gasteiger charge is 2.29. The van der Waals surface area contributed by atoms with Crippen LogP contribution in [0.4, 0.5) is 0 Å². The fraction of sp³-hybridized carbons (Fsp3) is 0.562. The van der Waals surface area contributed by atoms with E-state index in [1.54, 1.807) is 0 Å². The Bertz CT molecular complexity index is 455. The first-order valence-corrected chi connectivity index (χ1v) is 9.75. The van der Waals surface area contributed by atoms with E-state index < -0.39 is 0 Å². The first-order chi connectivity index (χ1) is 10.3. The number of amides is 1. The number of piperidine rings is 1. The number of nitrogens with zero attached hydrogens (tertiary/aromatic N) is 1. The molecule has 2 aliphatic rings. The summed E-state index contributed by atoms with van der Waals surface area (Å²) >= 11 is 3.76. The molecule has 3 nitrogen and oxygen atoms in total. The summed E-state index contributed by atoms with van der Waals surface area (Å²) in [5.74, 6) is 4.08. The first kappa shape index (κ1) is 15.3. The van der Waals surface area contributed by atoms with E-state index in [4.69, 9.17) is 0 Å². The Kier molecular flexibility index (Phi) is 5.49. The van der Waals surface area contributed by atoms with Crippen molar-refractivity contribution in [3.63, 3.8) is 0 Å². The van der Waals surface area contributed by atoms with Gasteiger partial charge in [-0.15, -0.1) is 23.5 Å². The fourth-order valence-electron chi connectivity index (χ4n) is 2.83. The molecule has 0 bridgehead atoms. The maximum atomic E-state index is 12.3. The number of hydrogen-bond acceptors (Lipinski definition) is 4. The lowest BCUT2D eigenvalue weighted by atomic mass is 9.98. The highest BCUT2D eigenvalue weighted by molar-refractivity contribution is 7.99. The fourth-order valence-corrected chi connectivity index (χ4v) is 4.87. The van der Waals surface area contributed by atoms with Gasteiger partial charge in [-0.2, -0.15) is 0 Å². The summed E-state index contributed by atoms with van der Waals surface area (Å²) in [6.07, 6.45) is 2.29. The van der Waals surface area contributed by atoms with Gasteiger partial charge >= 0.3 is 0 Å². The Hall–Kier alpha value is -0.650. The average Bonchev–Trinajstić information content (AvgIpc) is 3.08. The van der Waals surface area contributed by atoms with Crippen LogP contribution in [0.15, 0.2) is 35.2 Å². The molecule has 1 amide bonds. The molecule has 114 valence electrons. The highest BCUT2D eigenvalue weighted by atomic mass is 32.2. The minimum absolute atomic E-state index is 0.0604. The van der Waals surface area contributed by atoms with Crippen molar-refractivity contribution < 1.29 is 4.79 Å². The summed E-state index contributed by atoms with van der Waals surface area (Å²) in [5, 5.41) is 3.28. The van der Waals surface area contributed by atoms with Crippen LogP contribution in [0.25, 0.3) is 0 Å². The quantitative estimate of drug-likeness (QED) is 0.864. The zero-order valence-corrected chi connectivity index (χ0v) is 13.8. The van der Waals surface area contributed by atoms with Gasteiger partial charge in [0, 0.05) is 35.4 Å². The normalized spacial score (nSPS) is 23.4. The van der Waals surface area contributed by atoms with Crippen molar-refractivity contribution in [2.24, 2.45) is 5.92 Å². The third kappa shape index (κ3) is 4.18. The predicted molar refractivity (Wildman–Crippen MR) is 90.7 cm³/mol. The number of hydrogen-bond donors (Lipinski definition) is 1. The Labute approximate surface area is 135 Å². The van der Waals surface area contributed by atoms with E-state index in [1.807, 2.05) is 23.5 Å². The molecule has 0 radical (unpaired) electrons. The highest BCUT2D eigenvalue weighted by Crippen LogP contribution is 2.27. The zero-order chi connectivity index (χ0) is 14.5. The van der Waals surface area contributed by atoms with Gasteiger partial charge in [0.15, 0.2) is 0 Å². The number of carbonyl (C=O) groups is 1. The molecule has 2 heterocycles. The smallest absolute Gasteiger partial charge is 0.240 e. The Morgan fingerprint density at radius 3 is 2.71 bits per heavy atom. The number of thioether (sulfide) groups is 2. The zero-order valence-electron chi connectivity index (χ0n) is 12.2. The molecular weight excluding hydrogens is 300 g/mol. The van der Waals surface area contributed by atoms with E-state index >= 15 is 0 Å². The van der Waals surface area contributed by atoms with Gasteiger partial charge in [-0.3, -0.25) is 10.1 Å². The molecule has 2 saturated heterocycles. The largest absolute Gasteiger partial charge is 0.341 e. The van der Waals surface area contributed by atoms with Gasteiger partial charge < -0.3 is 4.90 Å². The van der Waals surface area contributed by atoms with Gasteiger partial charge in [0.25, 0.3) is 0 Å². The van der Waals surface area contributed by atoms with Crippen molar-refractivity contribution >= 4 is 29.4 Å². The second-order valence-corrected chi connectivity index (χ2v) is 7.79. The third-order valence-corrected chi connectivity index (χ3v) is 6.35. The lowest BCUT2D eigenvalue weighted by Gasteiger charge is -2.33. The van der Waals surface area contributed by atoms with Crippen LogP contribution in [0.2, 0.25) is 0 Å². The molecule has 1 atom stereocenters. The Balaban J connectivity index is 1.41. The van der Waals surface area contributed by atoms with E-state index in [-0.39, 0.29) is 6.04 Å². The van der Waals surface area contributed by atoms with E-state index in [0.717, 1.165) is 43.5 Å². The number of carbonyl (C=O) groups excluding carboxylic acids is 1. The summed E-state index contributed by atoms with van der Waals surface area (Å²) in [7, 11) is 0. The van der Waals surface area contributed by atoms with Crippen molar-refractivity contribution in [1.82, 2.24) is 10.2 Å². The number of rotatable bonds is 4. The standard InChI is InChI=1S/C16H22N2OS2/c19-16(15-11-20-12-17-15)18-8-6-13(7-9-18)10-21-14-4-2-1-3-5-14/h1-5,13,15,17H,6-12H2. The molecule has 0 saturated carbocycles. The molecule has 2 fully saturated rings. The number of nitrogens with one attached hydrogen (secondary N) is 1. The molecule has 1 unspecified atom stereocenters. The SMILES string of the molecule is O=C(C1CSCN1)N1CCC(CSc2ccccc2)CC1. The van der Waals surface area contributed by atoms with Crippen molar-refractivity contribution in [3.8, 4) is 0 Å². The minimum Gasteiger partial charge on any atom is -0.341 e. The van der Waals surface area contributed by atoms with E-state index in [1.165, 1.54) is 10.6 Å².